The summed E-state index contributed by atoms with van der Waals surface area (Å²) in [5.41, 5.74) is 5.69. The van der Waals surface area contributed by atoms with Crippen LogP contribution in [0.1, 0.15) is 21.6 Å². The highest BCUT2D eigenvalue weighted by Gasteiger charge is 2.11. The maximum atomic E-state index is 12.9. The Morgan fingerprint density at radius 2 is 1.82 bits per heavy atom. The fourth-order valence-corrected chi connectivity index (χ4v) is 3.41. The second-order valence-electron chi connectivity index (χ2n) is 8.34. The van der Waals surface area contributed by atoms with Crippen LogP contribution in [-0.4, -0.2) is 46.4 Å². The fraction of sp³-hybridized carbons (Fsp3) is 0.185. The number of benzene rings is 1. The number of nitrogens with one attached hydrogen (secondary N) is 2. The van der Waals surface area contributed by atoms with E-state index in [1.54, 1.807) is 24.7 Å². The van der Waals surface area contributed by atoms with E-state index in [-0.39, 0.29) is 5.91 Å². The van der Waals surface area contributed by atoms with Crippen LogP contribution in [0.5, 0.6) is 0 Å². The summed E-state index contributed by atoms with van der Waals surface area (Å²) in [6.07, 6.45) is 6.06. The number of carbonyl (C=O) groups excluding carboxylic acids is 1. The van der Waals surface area contributed by atoms with Crippen LogP contribution >= 0.6 is 0 Å². The van der Waals surface area contributed by atoms with Crippen LogP contribution in [0.4, 0.5) is 17.2 Å². The molecule has 172 valence electrons. The quantitative estimate of drug-likeness (QED) is 0.394. The number of amides is 1. The Morgan fingerprint density at radius 3 is 2.56 bits per heavy atom. The molecule has 3 heterocycles. The lowest BCUT2D eigenvalue weighted by Crippen LogP contribution is -2.15. The number of aromatic nitrogens is 3. The Bertz CT molecular complexity index is 1260. The molecule has 0 radical (unpaired) electrons. The predicted molar refractivity (Wildman–Crippen MR) is 136 cm³/mol. The van der Waals surface area contributed by atoms with Crippen LogP contribution < -0.4 is 10.6 Å². The number of anilines is 3. The minimum Gasteiger partial charge on any atom is -0.339 e. The van der Waals surface area contributed by atoms with Gasteiger partial charge in [-0.05, 0) is 75.5 Å². The molecule has 0 aliphatic heterocycles. The van der Waals surface area contributed by atoms with Crippen molar-refractivity contribution in [1.82, 2.24) is 19.9 Å². The van der Waals surface area contributed by atoms with Gasteiger partial charge >= 0.3 is 0 Å². The van der Waals surface area contributed by atoms with E-state index >= 15 is 0 Å². The molecule has 4 aromatic rings. The average Bonchev–Trinajstić information content (AvgIpc) is 2.85. The molecule has 0 aliphatic carbocycles. The molecule has 0 aliphatic rings. The van der Waals surface area contributed by atoms with Crippen LogP contribution in [0.2, 0.25) is 0 Å². The van der Waals surface area contributed by atoms with Crippen molar-refractivity contribution in [2.45, 2.75) is 13.3 Å². The van der Waals surface area contributed by atoms with Crippen LogP contribution in [0, 0.1) is 6.92 Å². The number of aryl methyl sites for hydroxylation is 1. The summed E-state index contributed by atoms with van der Waals surface area (Å²) < 4.78 is 0. The predicted octanol–water partition coefficient (Wildman–Crippen LogP) is 4.95. The molecule has 0 spiro atoms. The first-order chi connectivity index (χ1) is 16.5. The molecule has 0 saturated carbocycles. The van der Waals surface area contributed by atoms with Gasteiger partial charge in [0.1, 0.15) is 5.82 Å². The minimum atomic E-state index is -0.214. The van der Waals surface area contributed by atoms with E-state index < -0.39 is 0 Å². The van der Waals surface area contributed by atoms with Crippen molar-refractivity contribution in [3.8, 4) is 11.3 Å². The van der Waals surface area contributed by atoms with Gasteiger partial charge in [-0.3, -0.25) is 14.8 Å². The van der Waals surface area contributed by atoms with E-state index in [1.165, 1.54) is 5.56 Å². The van der Waals surface area contributed by atoms with Gasteiger partial charge in [0.15, 0.2) is 0 Å². The topological polar surface area (TPSA) is 83.0 Å². The molecule has 0 unspecified atom stereocenters. The monoisotopic (exact) mass is 452 g/mol. The van der Waals surface area contributed by atoms with Gasteiger partial charge in [0.25, 0.3) is 5.91 Å². The van der Waals surface area contributed by atoms with Crippen LogP contribution in [0.3, 0.4) is 0 Å². The second kappa shape index (κ2) is 10.7. The first-order valence-electron chi connectivity index (χ1n) is 11.1. The first-order valence-corrected chi connectivity index (χ1v) is 11.1. The van der Waals surface area contributed by atoms with Crippen molar-refractivity contribution in [3.63, 3.8) is 0 Å². The van der Waals surface area contributed by atoms with E-state index in [0.29, 0.717) is 11.4 Å². The Hall–Kier alpha value is -4.10. The van der Waals surface area contributed by atoms with Crippen molar-refractivity contribution in [2.75, 3.05) is 31.3 Å². The number of rotatable bonds is 8. The molecule has 4 rings (SSSR count). The molecule has 2 N–H and O–H groups in total. The highest BCUT2D eigenvalue weighted by atomic mass is 16.1. The lowest BCUT2D eigenvalue weighted by Gasteiger charge is -2.12. The maximum Gasteiger partial charge on any atom is 0.257 e. The Balaban J connectivity index is 1.46. The lowest BCUT2D eigenvalue weighted by molar-refractivity contribution is 0.102. The molecule has 0 saturated heterocycles. The van der Waals surface area contributed by atoms with Crippen LogP contribution in [0.15, 0.2) is 79.3 Å². The molecular formula is C27H28N6O. The zero-order valence-corrected chi connectivity index (χ0v) is 19.6. The van der Waals surface area contributed by atoms with Crippen molar-refractivity contribution in [1.29, 1.82) is 0 Å². The summed E-state index contributed by atoms with van der Waals surface area (Å²) in [6.45, 7) is 2.87. The second-order valence-corrected chi connectivity index (χ2v) is 8.34. The molecule has 7 nitrogen and oxygen atoms in total. The van der Waals surface area contributed by atoms with Crippen molar-refractivity contribution in [3.05, 3.63) is 96.1 Å². The minimum absolute atomic E-state index is 0.214. The summed E-state index contributed by atoms with van der Waals surface area (Å²) in [5, 5.41) is 6.25. The van der Waals surface area contributed by atoms with Gasteiger partial charge in [-0.15, -0.1) is 0 Å². The Morgan fingerprint density at radius 1 is 1.00 bits per heavy atom. The van der Waals surface area contributed by atoms with Crippen LogP contribution in [-0.2, 0) is 6.42 Å². The van der Waals surface area contributed by atoms with Crippen molar-refractivity contribution < 1.29 is 4.79 Å². The smallest absolute Gasteiger partial charge is 0.257 e. The van der Waals surface area contributed by atoms with Gasteiger partial charge in [0.05, 0.1) is 22.6 Å². The summed E-state index contributed by atoms with van der Waals surface area (Å²) in [6, 6.07) is 19.3. The zero-order chi connectivity index (χ0) is 23.9. The number of pyridine rings is 3. The summed E-state index contributed by atoms with van der Waals surface area (Å²) in [4.78, 5) is 28.2. The highest BCUT2D eigenvalue weighted by Crippen LogP contribution is 2.23. The van der Waals surface area contributed by atoms with Crippen molar-refractivity contribution in [2.24, 2.45) is 0 Å². The standard InChI is InChI=1S/C27H28N6O/c1-19-25(32-26-8-4-7-24(31-26)21-6-5-14-28-17-21)16-22(18-29-19)27(34)30-23-11-9-20(10-12-23)13-15-33(2)3/h4-12,14,16-18H,13,15H2,1-3H3,(H,30,34)(H,31,32). The van der Waals surface area contributed by atoms with E-state index in [4.69, 9.17) is 0 Å². The van der Waals surface area contributed by atoms with Gasteiger partial charge in [-0.2, -0.15) is 0 Å². The van der Waals surface area contributed by atoms with E-state index in [2.05, 4.69) is 44.6 Å². The largest absolute Gasteiger partial charge is 0.339 e. The number of hydrogen-bond acceptors (Lipinski definition) is 6. The lowest BCUT2D eigenvalue weighted by atomic mass is 10.1. The third-order valence-corrected chi connectivity index (χ3v) is 5.38. The normalized spacial score (nSPS) is 10.8. The van der Waals surface area contributed by atoms with Gasteiger partial charge in [-0.25, -0.2) is 4.98 Å². The Kier molecular flexibility index (Phi) is 7.25. The number of nitrogens with zero attached hydrogens (tertiary/aromatic N) is 4. The molecule has 1 aromatic carbocycles. The molecule has 1 amide bonds. The first kappa shape index (κ1) is 23.1. The summed E-state index contributed by atoms with van der Waals surface area (Å²) in [5.74, 6) is 0.450. The maximum absolute atomic E-state index is 12.9. The molecule has 3 aromatic heterocycles. The number of hydrogen-bond donors (Lipinski definition) is 2. The van der Waals surface area contributed by atoms with Crippen LogP contribution in [0.25, 0.3) is 11.3 Å². The van der Waals surface area contributed by atoms with E-state index in [1.807, 2.05) is 61.5 Å². The van der Waals surface area contributed by atoms with E-state index in [0.717, 1.165) is 41.3 Å². The molecular weight excluding hydrogens is 424 g/mol. The molecule has 0 bridgehead atoms. The van der Waals surface area contributed by atoms with Gasteiger partial charge in [0, 0.05) is 36.4 Å². The summed E-state index contributed by atoms with van der Waals surface area (Å²) in [7, 11) is 4.11. The SMILES string of the molecule is Cc1ncc(C(=O)Nc2ccc(CCN(C)C)cc2)cc1Nc1cccc(-c2cccnc2)n1. The third kappa shape index (κ3) is 6.02. The van der Waals surface area contributed by atoms with E-state index in [9.17, 15) is 4.79 Å². The summed E-state index contributed by atoms with van der Waals surface area (Å²) >= 11 is 0. The Labute approximate surface area is 199 Å². The third-order valence-electron chi connectivity index (χ3n) is 5.38. The number of carbonyl (C=O) groups is 1. The molecule has 7 heteroatoms. The van der Waals surface area contributed by atoms with Gasteiger partial charge in [-0.1, -0.05) is 18.2 Å². The van der Waals surface area contributed by atoms with Gasteiger partial charge < -0.3 is 15.5 Å². The zero-order valence-electron chi connectivity index (χ0n) is 19.6. The van der Waals surface area contributed by atoms with Crippen molar-refractivity contribution >= 4 is 23.1 Å². The average molecular weight is 453 g/mol. The molecule has 0 fully saturated rings. The highest BCUT2D eigenvalue weighted by molar-refractivity contribution is 6.04. The number of likely N-dealkylation sites (N-methyl/N-ethyl adjacent to an activating group) is 1. The van der Waals surface area contributed by atoms with Gasteiger partial charge in [0.2, 0.25) is 0 Å². The molecule has 34 heavy (non-hydrogen) atoms. The fourth-order valence-electron chi connectivity index (χ4n) is 3.41. The molecule has 0 atom stereocenters.